The molecule has 0 radical (unpaired) electrons. The highest BCUT2D eigenvalue weighted by atomic mass is 16.3. The molecule has 4 aromatic carbocycles. The number of aromatic nitrogens is 2. The summed E-state index contributed by atoms with van der Waals surface area (Å²) < 4.78 is 0. The third kappa shape index (κ3) is 9.08. The summed E-state index contributed by atoms with van der Waals surface area (Å²) in [6.45, 7) is -0.275. The molecule has 0 bridgehead atoms. The van der Waals surface area contributed by atoms with Crippen LogP contribution in [0, 0.1) is 0 Å². The number of H-pyrrole nitrogens is 2. The zero-order chi connectivity index (χ0) is 35.6. The fourth-order valence-corrected chi connectivity index (χ4v) is 5.99. The minimum atomic E-state index is -0.940. The SMILES string of the molecule is O=C(NC(Cc1ccccc1)C(=O)NCCC(CO)NC(=O)C(Cc1ccccc1)NC(=O)c1cc2ccccc2[nH]1)c1cc2ccccc2[nH]1. The quantitative estimate of drug-likeness (QED) is 0.0866. The Kier molecular flexibility index (Phi) is 11.2. The van der Waals surface area contributed by atoms with Crippen LogP contribution in [0.3, 0.4) is 0 Å². The standard InChI is InChI=1S/C40H40N6O5/c47-25-30(42-38(49)34(22-27-13-5-2-6-14-27)46-40(51)36-24-29-16-8-10-18-32(29)44-36)19-20-41-37(48)33(21-26-11-3-1-4-12-26)45-39(50)35-23-28-15-7-9-17-31(28)43-35/h1-18,23-24,30,33-34,43-44,47H,19-22,25H2,(H,41,48)(H,42,49)(H,45,50)(H,46,51). The maximum absolute atomic E-state index is 13.6. The molecule has 2 aromatic heterocycles. The number of carbonyl (C=O) groups is 4. The van der Waals surface area contributed by atoms with Crippen LogP contribution in [0.15, 0.2) is 121 Å². The third-order valence-electron chi connectivity index (χ3n) is 8.72. The Balaban J connectivity index is 1.08. The minimum Gasteiger partial charge on any atom is -0.394 e. The smallest absolute Gasteiger partial charge is 0.268 e. The number of hydrogen-bond acceptors (Lipinski definition) is 5. The minimum absolute atomic E-state index is 0.114. The van der Waals surface area contributed by atoms with Gasteiger partial charge in [0.2, 0.25) is 11.8 Å². The lowest BCUT2D eigenvalue weighted by molar-refractivity contribution is -0.124. The molecule has 0 fully saturated rings. The Morgan fingerprint density at radius 1 is 0.569 bits per heavy atom. The van der Waals surface area contributed by atoms with E-state index in [1.165, 1.54) is 0 Å². The van der Waals surface area contributed by atoms with Gasteiger partial charge in [0.25, 0.3) is 11.8 Å². The number of aliphatic hydroxyl groups excluding tert-OH is 1. The number of amides is 4. The van der Waals surface area contributed by atoms with E-state index in [-0.39, 0.29) is 32.4 Å². The molecule has 0 aliphatic carbocycles. The van der Waals surface area contributed by atoms with E-state index in [4.69, 9.17) is 0 Å². The van der Waals surface area contributed by atoms with Gasteiger partial charge in [-0.05, 0) is 41.8 Å². The van der Waals surface area contributed by atoms with E-state index in [2.05, 4.69) is 31.2 Å². The highest BCUT2D eigenvalue weighted by Gasteiger charge is 2.26. The summed E-state index contributed by atoms with van der Waals surface area (Å²) in [7, 11) is 0. The van der Waals surface area contributed by atoms with Crippen molar-refractivity contribution in [2.24, 2.45) is 0 Å². The first-order chi connectivity index (χ1) is 24.9. The second-order valence-corrected chi connectivity index (χ2v) is 12.4. The van der Waals surface area contributed by atoms with Crippen molar-refractivity contribution >= 4 is 45.4 Å². The molecule has 3 atom stereocenters. The molecule has 3 unspecified atom stereocenters. The van der Waals surface area contributed by atoms with Crippen LogP contribution in [0.25, 0.3) is 21.8 Å². The zero-order valence-electron chi connectivity index (χ0n) is 27.9. The second-order valence-electron chi connectivity index (χ2n) is 12.4. The summed E-state index contributed by atoms with van der Waals surface area (Å²) in [4.78, 5) is 59.8. The van der Waals surface area contributed by atoms with Gasteiger partial charge in [0.15, 0.2) is 0 Å². The predicted molar refractivity (Wildman–Crippen MR) is 196 cm³/mol. The molecule has 260 valence electrons. The van der Waals surface area contributed by atoms with Crippen molar-refractivity contribution in [3.8, 4) is 0 Å². The average Bonchev–Trinajstić information content (AvgIpc) is 3.80. The van der Waals surface area contributed by atoms with Gasteiger partial charge in [0.1, 0.15) is 23.5 Å². The number of aromatic amines is 2. The molecule has 2 heterocycles. The van der Waals surface area contributed by atoms with Gasteiger partial charge in [-0.15, -0.1) is 0 Å². The van der Waals surface area contributed by atoms with Gasteiger partial charge < -0.3 is 36.3 Å². The summed E-state index contributed by atoms with van der Waals surface area (Å²) in [5.41, 5.74) is 4.00. The second kappa shape index (κ2) is 16.5. The predicted octanol–water partition coefficient (Wildman–Crippen LogP) is 4.02. The lowest BCUT2D eigenvalue weighted by Crippen LogP contribution is -2.52. The Morgan fingerprint density at radius 3 is 1.49 bits per heavy atom. The van der Waals surface area contributed by atoms with Crippen LogP contribution in [-0.2, 0) is 22.4 Å². The summed E-state index contributed by atoms with van der Waals surface area (Å²) in [6.07, 6.45) is 0.691. The van der Waals surface area contributed by atoms with Gasteiger partial charge in [-0.1, -0.05) is 97.1 Å². The number of nitrogens with one attached hydrogen (secondary N) is 6. The van der Waals surface area contributed by atoms with Crippen molar-refractivity contribution in [1.82, 2.24) is 31.2 Å². The van der Waals surface area contributed by atoms with Gasteiger partial charge in [0, 0.05) is 41.2 Å². The normalized spacial score (nSPS) is 12.9. The van der Waals surface area contributed by atoms with E-state index in [1.807, 2.05) is 109 Å². The molecule has 4 amide bonds. The molecule has 0 spiro atoms. The molecule has 0 aliphatic rings. The Hall–Kier alpha value is -6.20. The molecular weight excluding hydrogens is 644 g/mol. The lowest BCUT2D eigenvalue weighted by Gasteiger charge is -2.23. The summed E-state index contributed by atoms with van der Waals surface area (Å²) >= 11 is 0. The summed E-state index contributed by atoms with van der Waals surface area (Å²) in [6, 6.07) is 34.7. The van der Waals surface area contributed by atoms with E-state index in [0.717, 1.165) is 32.9 Å². The molecule has 11 heteroatoms. The van der Waals surface area contributed by atoms with Crippen molar-refractivity contribution < 1.29 is 24.3 Å². The number of fused-ring (bicyclic) bond motifs is 2. The molecule has 11 nitrogen and oxygen atoms in total. The number of benzene rings is 4. The highest BCUT2D eigenvalue weighted by molar-refractivity contribution is 6.01. The maximum Gasteiger partial charge on any atom is 0.268 e. The van der Waals surface area contributed by atoms with Crippen molar-refractivity contribution in [3.05, 3.63) is 144 Å². The maximum atomic E-state index is 13.6. The van der Waals surface area contributed by atoms with Crippen LogP contribution in [-0.4, -0.2) is 70.0 Å². The lowest BCUT2D eigenvalue weighted by atomic mass is 10.0. The molecule has 0 saturated heterocycles. The van der Waals surface area contributed by atoms with Gasteiger partial charge in [-0.3, -0.25) is 19.2 Å². The Bertz CT molecular complexity index is 2040. The summed E-state index contributed by atoms with van der Waals surface area (Å²) in [5, 5.41) is 23.3. The topological polar surface area (TPSA) is 168 Å². The largest absolute Gasteiger partial charge is 0.394 e. The van der Waals surface area contributed by atoms with E-state index < -0.39 is 41.8 Å². The Morgan fingerprint density at radius 2 is 1.02 bits per heavy atom. The van der Waals surface area contributed by atoms with E-state index in [9.17, 15) is 24.3 Å². The first-order valence-electron chi connectivity index (χ1n) is 16.9. The summed E-state index contributed by atoms with van der Waals surface area (Å²) in [5.74, 6) is -1.73. The number of para-hydroxylation sites is 2. The van der Waals surface area contributed by atoms with Crippen LogP contribution in [0.1, 0.15) is 38.5 Å². The van der Waals surface area contributed by atoms with Gasteiger partial charge in [0.05, 0.1) is 12.6 Å². The average molecular weight is 685 g/mol. The molecule has 6 aromatic rings. The van der Waals surface area contributed by atoms with Crippen molar-refractivity contribution in [2.75, 3.05) is 13.2 Å². The van der Waals surface area contributed by atoms with Gasteiger partial charge in [-0.2, -0.15) is 0 Å². The number of hydrogen-bond donors (Lipinski definition) is 7. The van der Waals surface area contributed by atoms with Crippen LogP contribution >= 0.6 is 0 Å². The molecule has 51 heavy (non-hydrogen) atoms. The molecule has 0 saturated carbocycles. The Labute approximate surface area is 294 Å². The van der Waals surface area contributed by atoms with Crippen molar-refractivity contribution in [2.45, 2.75) is 37.4 Å². The first kappa shape index (κ1) is 34.7. The van der Waals surface area contributed by atoms with Crippen LogP contribution in [0.4, 0.5) is 0 Å². The van der Waals surface area contributed by atoms with Crippen LogP contribution in [0.5, 0.6) is 0 Å². The number of rotatable bonds is 15. The molecule has 0 aliphatic heterocycles. The zero-order valence-corrected chi connectivity index (χ0v) is 27.9. The van der Waals surface area contributed by atoms with Crippen LogP contribution < -0.4 is 21.3 Å². The number of carbonyl (C=O) groups excluding carboxylic acids is 4. The molecular formula is C40H40N6O5. The fraction of sp³-hybridized carbons (Fsp3) is 0.200. The van der Waals surface area contributed by atoms with Crippen LogP contribution in [0.2, 0.25) is 0 Å². The molecule has 7 N–H and O–H groups in total. The fourth-order valence-electron chi connectivity index (χ4n) is 5.99. The van der Waals surface area contributed by atoms with Gasteiger partial charge in [-0.25, -0.2) is 0 Å². The van der Waals surface area contributed by atoms with Crippen molar-refractivity contribution in [1.29, 1.82) is 0 Å². The van der Waals surface area contributed by atoms with Gasteiger partial charge >= 0.3 is 0 Å². The third-order valence-corrected chi connectivity index (χ3v) is 8.72. The first-order valence-corrected chi connectivity index (χ1v) is 16.9. The van der Waals surface area contributed by atoms with E-state index in [1.54, 1.807) is 12.1 Å². The molecule has 6 rings (SSSR count). The van der Waals surface area contributed by atoms with E-state index in [0.29, 0.717) is 11.4 Å². The number of aliphatic hydroxyl groups is 1. The van der Waals surface area contributed by atoms with E-state index >= 15 is 0 Å². The monoisotopic (exact) mass is 684 g/mol. The van der Waals surface area contributed by atoms with Crippen molar-refractivity contribution in [3.63, 3.8) is 0 Å². The highest BCUT2D eigenvalue weighted by Crippen LogP contribution is 2.16.